The van der Waals surface area contributed by atoms with Crippen LogP contribution >= 0.6 is 0 Å². The van der Waals surface area contributed by atoms with Gasteiger partial charge in [-0.25, -0.2) is 4.79 Å². The van der Waals surface area contributed by atoms with Crippen LogP contribution in [0.1, 0.15) is 40.0 Å². The molecule has 2 aliphatic heterocycles. The van der Waals surface area contributed by atoms with Crippen LogP contribution in [0, 0.1) is 17.3 Å². The van der Waals surface area contributed by atoms with Crippen molar-refractivity contribution in [2.45, 2.75) is 51.7 Å². The lowest BCUT2D eigenvalue weighted by Gasteiger charge is -2.35. The lowest BCUT2D eigenvalue weighted by atomic mass is 9.73. The Balaban J connectivity index is 1.53. The lowest BCUT2D eigenvalue weighted by molar-refractivity contribution is -0.147. The molecule has 4 fully saturated rings. The number of rotatable bonds is 4. The van der Waals surface area contributed by atoms with Gasteiger partial charge in [-0.05, 0) is 46.0 Å². The van der Waals surface area contributed by atoms with E-state index in [-0.39, 0.29) is 35.8 Å². The van der Waals surface area contributed by atoms with Gasteiger partial charge in [0.15, 0.2) is 0 Å². The molecule has 0 aromatic rings. The van der Waals surface area contributed by atoms with Gasteiger partial charge in [-0.2, -0.15) is 0 Å². The first kappa shape index (κ1) is 17.0. The number of carbonyl (C=O) groups excluding carboxylic acids is 3. The number of esters is 1. The molecule has 0 unspecified atom stereocenters. The molecule has 7 nitrogen and oxygen atoms in total. The Hall–Kier alpha value is -1.79. The van der Waals surface area contributed by atoms with E-state index in [4.69, 9.17) is 9.47 Å². The normalized spacial score (nSPS) is 29.5. The number of hydrogen-bond acceptors (Lipinski definition) is 5. The molecular formula is C17H26N2O5. The molecule has 2 saturated carbocycles. The van der Waals surface area contributed by atoms with Crippen molar-refractivity contribution in [3.05, 3.63) is 0 Å². The SMILES string of the molecule is COC(=O)C1(CNC(=O)[C@H]2[C@H]3C[C@H]2N(C(=O)OC(C)(C)C)C3)CC1. The summed E-state index contributed by atoms with van der Waals surface area (Å²) >= 11 is 0. The molecule has 2 heterocycles. The van der Waals surface area contributed by atoms with Crippen LogP contribution in [0.5, 0.6) is 0 Å². The maximum atomic E-state index is 12.5. The fourth-order valence-electron chi connectivity index (χ4n) is 3.73. The smallest absolute Gasteiger partial charge is 0.410 e. The Morgan fingerprint density at radius 2 is 1.92 bits per heavy atom. The lowest BCUT2D eigenvalue weighted by Crippen LogP contribution is -2.51. The van der Waals surface area contributed by atoms with E-state index in [9.17, 15) is 14.4 Å². The van der Waals surface area contributed by atoms with Crippen LogP contribution in [0.15, 0.2) is 0 Å². The molecule has 2 amide bonds. The Kier molecular flexibility index (Phi) is 4.00. The van der Waals surface area contributed by atoms with Crippen molar-refractivity contribution in [2.75, 3.05) is 20.2 Å². The average Bonchev–Trinajstić information content (AvgIpc) is 2.98. The minimum atomic E-state index is -0.541. The first-order chi connectivity index (χ1) is 11.2. The molecule has 3 atom stereocenters. The van der Waals surface area contributed by atoms with Gasteiger partial charge in [-0.1, -0.05) is 0 Å². The molecule has 0 aromatic carbocycles. The third-order valence-corrected chi connectivity index (χ3v) is 5.30. The van der Waals surface area contributed by atoms with E-state index in [1.807, 2.05) is 20.8 Å². The highest BCUT2D eigenvalue weighted by atomic mass is 16.6. The standard InChI is InChI=1S/C17H26N2O5/c1-16(2,3)24-15(22)19-8-10-7-11(19)12(10)13(20)18-9-17(5-6-17)14(21)23-4/h10-12H,5-9H2,1-4H3,(H,18,20)/t10-,11+,12-/m0/s1. The molecule has 0 radical (unpaired) electrons. The molecule has 134 valence electrons. The van der Waals surface area contributed by atoms with Crippen molar-refractivity contribution in [1.29, 1.82) is 0 Å². The van der Waals surface area contributed by atoms with Crippen molar-refractivity contribution >= 4 is 18.0 Å². The summed E-state index contributed by atoms with van der Waals surface area (Å²) in [5.74, 6) is -0.325. The first-order valence-electron chi connectivity index (χ1n) is 8.53. The minimum absolute atomic E-state index is 0.0718. The summed E-state index contributed by atoms with van der Waals surface area (Å²) in [5.41, 5.74) is -1.07. The van der Waals surface area contributed by atoms with Gasteiger partial charge in [0.25, 0.3) is 0 Å². The molecule has 0 aromatic heterocycles. The van der Waals surface area contributed by atoms with Crippen LogP contribution < -0.4 is 5.32 Å². The van der Waals surface area contributed by atoms with Crippen molar-refractivity contribution in [1.82, 2.24) is 10.2 Å². The highest BCUT2D eigenvalue weighted by Gasteiger charge is 2.58. The number of amides is 2. The predicted molar refractivity (Wildman–Crippen MR) is 85.0 cm³/mol. The van der Waals surface area contributed by atoms with Crippen molar-refractivity contribution in [3.63, 3.8) is 0 Å². The molecule has 0 spiro atoms. The minimum Gasteiger partial charge on any atom is -0.469 e. The summed E-state index contributed by atoms with van der Waals surface area (Å²) in [7, 11) is 1.37. The number of nitrogens with one attached hydrogen (secondary N) is 1. The Morgan fingerprint density at radius 1 is 1.25 bits per heavy atom. The van der Waals surface area contributed by atoms with Gasteiger partial charge in [-0.15, -0.1) is 0 Å². The van der Waals surface area contributed by atoms with Crippen LogP contribution in [-0.4, -0.2) is 54.7 Å². The van der Waals surface area contributed by atoms with E-state index in [2.05, 4.69) is 5.32 Å². The van der Waals surface area contributed by atoms with E-state index in [0.29, 0.717) is 13.1 Å². The largest absolute Gasteiger partial charge is 0.469 e. The number of nitrogens with zero attached hydrogens (tertiary/aromatic N) is 1. The summed E-state index contributed by atoms with van der Waals surface area (Å²) in [5, 5.41) is 2.89. The zero-order chi connectivity index (χ0) is 17.7. The van der Waals surface area contributed by atoms with Crippen molar-refractivity contribution in [2.24, 2.45) is 17.3 Å². The van der Waals surface area contributed by atoms with Gasteiger partial charge < -0.3 is 19.7 Å². The average molecular weight is 338 g/mol. The van der Waals surface area contributed by atoms with Gasteiger partial charge in [0.2, 0.25) is 5.91 Å². The van der Waals surface area contributed by atoms with E-state index in [1.165, 1.54) is 7.11 Å². The molecular weight excluding hydrogens is 312 g/mol. The first-order valence-corrected chi connectivity index (χ1v) is 8.53. The van der Waals surface area contributed by atoms with E-state index in [0.717, 1.165) is 19.3 Å². The topological polar surface area (TPSA) is 84.9 Å². The van der Waals surface area contributed by atoms with Crippen molar-refractivity contribution < 1.29 is 23.9 Å². The van der Waals surface area contributed by atoms with E-state index >= 15 is 0 Å². The van der Waals surface area contributed by atoms with Gasteiger partial charge >= 0.3 is 12.1 Å². The molecule has 2 aliphatic carbocycles. The van der Waals surface area contributed by atoms with Gasteiger partial charge in [0, 0.05) is 19.1 Å². The summed E-state index contributed by atoms with van der Waals surface area (Å²) in [6.45, 7) is 6.38. The highest BCUT2D eigenvalue weighted by Crippen LogP contribution is 2.48. The number of ether oxygens (including phenoxy) is 2. The second-order valence-electron chi connectivity index (χ2n) is 8.21. The van der Waals surface area contributed by atoms with Crippen LogP contribution in [0.4, 0.5) is 4.79 Å². The fourth-order valence-corrected chi connectivity index (χ4v) is 3.73. The molecule has 24 heavy (non-hydrogen) atoms. The summed E-state index contributed by atoms with van der Waals surface area (Å²) in [6.07, 6.45) is 2.00. The summed E-state index contributed by atoms with van der Waals surface area (Å²) in [4.78, 5) is 38.1. The predicted octanol–water partition coefficient (Wildman–Crippen LogP) is 1.31. The monoisotopic (exact) mass is 338 g/mol. The molecule has 4 aliphatic rings. The Labute approximate surface area is 142 Å². The van der Waals surface area contributed by atoms with Gasteiger partial charge in [0.05, 0.1) is 18.4 Å². The second-order valence-corrected chi connectivity index (χ2v) is 8.21. The van der Waals surface area contributed by atoms with E-state index < -0.39 is 11.0 Å². The number of hydrogen-bond donors (Lipinski definition) is 1. The molecule has 1 N–H and O–H groups in total. The number of methoxy groups -OCH3 is 1. The molecule has 7 heteroatoms. The third-order valence-electron chi connectivity index (χ3n) is 5.30. The zero-order valence-corrected chi connectivity index (χ0v) is 14.8. The van der Waals surface area contributed by atoms with Crippen molar-refractivity contribution in [3.8, 4) is 0 Å². The van der Waals surface area contributed by atoms with E-state index in [1.54, 1.807) is 4.90 Å². The maximum absolute atomic E-state index is 12.5. The Morgan fingerprint density at radius 3 is 2.46 bits per heavy atom. The fraction of sp³-hybridized carbons (Fsp3) is 0.824. The van der Waals surface area contributed by atoms with Gasteiger partial charge in [-0.3, -0.25) is 9.59 Å². The number of carbonyl (C=O) groups is 3. The highest BCUT2D eigenvalue weighted by molar-refractivity contribution is 5.85. The van der Waals surface area contributed by atoms with Crippen LogP contribution in [-0.2, 0) is 19.1 Å². The zero-order valence-electron chi connectivity index (χ0n) is 14.8. The Bertz CT molecular complexity index is 564. The second kappa shape index (κ2) is 5.63. The molecule has 2 bridgehead atoms. The maximum Gasteiger partial charge on any atom is 0.410 e. The molecule has 4 rings (SSSR count). The number of fused-ring (bicyclic) bond motifs is 1. The van der Waals surface area contributed by atoms with Crippen LogP contribution in [0.25, 0.3) is 0 Å². The van der Waals surface area contributed by atoms with Crippen LogP contribution in [0.2, 0.25) is 0 Å². The summed E-state index contributed by atoms with van der Waals surface area (Å²) in [6, 6.07) is -0.0851. The van der Waals surface area contributed by atoms with Crippen LogP contribution in [0.3, 0.4) is 0 Å². The molecule has 2 saturated heterocycles. The third kappa shape index (κ3) is 2.96. The quantitative estimate of drug-likeness (QED) is 0.781. The summed E-state index contributed by atoms with van der Waals surface area (Å²) < 4.78 is 10.2. The van der Waals surface area contributed by atoms with Gasteiger partial charge in [0.1, 0.15) is 5.60 Å².